The van der Waals surface area contributed by atoms with Gasteiger partial charge in [0.1, 0.15) is 23.1 Å². The molecule has 7 heteroatoms. The van der Waals surface area contributed by atoms with E-state index in [0.717, 1.165) is 0 Å². The summed E-state index contributed by atoms with van der Waals surface area (Å²) < 4.78 is 10.4. The number of hydrogen-bond acceptors (Lipinski definition) is 4. The number of hydrogen-bond donors (Lipinski definition) is 1. The highest BCUT2D eigenvalue weighted by Crippen LogP contribution is 2.34. The highest BCUT2D eigenvalue weighted by molar-refractivity contribution is 6.32. The Hall–Kier alpha value is -2.68. The van der Waals surface area contributed by atoms with E-state index in [9.17, 15) is 10.1 Å². The number of carbonyl (C=O) groups is 1. The Morgan fingerprint density at radius 3 is 2.46 bits per heavy atom. The van der Waals surface area contributed by atoms with Gasteiger partial charge in [0.15, 0.2) is 0 Å². The van der Waals surface area contributed by atoms with Crippen LogP contribution in [0.5, 0.6) is 11.5 Å². The van der Waals surface area contributed by atoms with Gasteiger partial charge in [-0.1, -0.05) is 29.3 Å². The van der Waals surface area contributed by atoms with Gasteiger partial charge in [0.2, 0.25) is 0 Å². The molecule has 1 N–H and O–H groups in total. The fourth-order valence-electron chi connectivity index (χ4n) is 2.23. The van der Waals surface area contributed by atoms with Gasteiger partial charge in [-0.3, -0.25) is 4.79 Å². The van der Waals surface area contributed by atoms with Crippen LogP contribution in [-0.2, 0) is 4.79 Å². The van der Waals surface area contributed by atoms with Crippen molar-refractivity contribution < 1.29 is 14.3 Å². The first-order chi connectivity index (χ1) is 12.4. The molecule has 0 aromatic heterocycles. The first-order valence-electron chi connectivity index (χ1n) is 7.51. The Kier molecular flexibility index (Phi) is 6.51. The largest absolute Gasteiger partial charge is 0.496 e. The van der Waals surface area contributed by atoms with Crippen LogP contribution in [0.3, 0.4) is 0 Å². The van der Waals surface area contributed by atoms with Crippen LogP contribution in [0, 0.1) is 18.3 Å². The van der Waals surface area contributed by atoms with E-state index in [2.05, 4.69) is 5.32 Å². The second-order valence-electron chi connectivity index (χ2n) is 5.27. The number of rotatable bonds is 5. The number of nitriles is 1. The van der Waals surface area contributed by atoms with Gasteiger partial charge in [0.25, 0.3) is 5.91 Å². The standard InChI is InChI=1S/C19H16Cl2N2O3/c1-11-14(20)5-4-6-16(11)23-19(24)13(10-22)7-12-8-15(21)18(26-3)9-17(12)25-2/h4-9H,1-3H3,(H,23,24)/b13-7+. The molecule has 1 amide bonds. The van der Waals surface area contributed by atoms with Gasteiger partial charge >= 0.3 is 0 Å². The monoisotopic (exact) mass is 390 g/mol. The SMILES string of the molecule is COc1cc(OC)c(/C=C(\C#N)C(=O)Nc2cccc(Cl)c2C)cc1Cl. The first-order valence-corrected chi connectivity index (χ1v) is 8.26. The topological polar surface area (TPSA) is 71.3 Å². The van der Waals surface area contributed by atoms with Crippen molar-refractivity contribution in [3.8, 4) is 17.6 Å². The Morgan fingerprint density at radius 1 is 1.15 bits per heavy atom. The fourth-order valence-corrected chi connectivity index (χ4v) is 2.66. The van der Waals surface area contributed by atoms with Gasteiger partial charge in [-0.25, -0.2) is 0 Å². The maximum absolute atomic E-state index is 12.5. The van der Waals surface area contributed by atoms with E-state index in [-0.39, 0.29) is 5.57 Å². The summed E-state index contributed by atoms with van der Waals surface area (Å²) in [6.45, 7) is 1.78. The minimum absolute atomic E-state index is 0.107. The van der Waals surface area contributed by atoms with Crippen LogP contribution in [0.2, 0.25) is 10.0 Å². The van der Waals surface area contributed by atoms with E-state index in [1.165, 1.54) is 20.3 Å². The maximum Gasteiger partial charge on any atom is 0.266 e. The number of amides is 1. The molecule has 0 heterocycles. The molecule has 0 aliphatic heterocycles. The fraction of sp³-hybridized carbons (Fsp3) is 0.158. The summed E-state index contributed by atoms with van der Waals surface area (Å²) >= 11 is 12.2. The van der Waals surface area contributed by atoms with Crippen LogP contribution in [-0.4, -0.2) is 20.1 Å². The van der Waals surface area contributed by atoms with Crippen LogP contribution in [0.25, 0.3) is 6.08 Å². The highest BCUT2D eigenvalue weighted by Gasteiger charge is 2.15. The summed E-state index contributed by atoms with van der Waals surface area (Å²) in [5, 5.41) is 12.9. The molecule has 0 saturated heterocycles. The van der Waals surface area contributed by atoms with E-state index in [0.29, 0.717) is 38.4 Å². The second-order valence-corrected chi connectivity index (χ2v) is 6.08. The number of benzene rings is 2. The van der Waals surface area contributed by atoms with Crippen molar-refractivity contribution in [2.45, 2.75) is 6.92 Å². The molecule has 0 bridgehead atoms. The van der Waals surface area contributed by atoms with Crippen molar-refractivity contribution in [3.05, 3.63) is 57.1 Å². The minimum Gasteiger partial charge on any atom is -0.496 e. The van der Waals surface area contributed by atoms with Crippen LogP contribution in [0.4, 0.5) is 5.69 Å². The Morgan fingerprint density at radius 2 is 1.85 bits per heavy atom. The van der Waals surface area contributed by atoms with E-state index >= 15 is 0 Å². The zero-order chi connectivity index (χ0) is 19.3. The van der Waals surface area contributed by atoms with Gasteiger partial charge in [-0.2, -0.15) is 5.26 Å². The Labute approximate surface area is 161 Å². The summed E-state index contributed by atoms with van der Waals surface area (Å²) in [5.74, 6) is 0.288. The third-order valence-corrected chi connectivity index (χ3v) is 4.39. The van der Waals surface area contributed by atoms with Crippen molar-refractivity contribution in [2.75, 3.05) is 19.5 Å². The lowest BCUT2D eigenvalue weighted by molar-refractivity contribution is -0.112. The molecular formula is C19H16Cl2N2O3. The van der Waals surface area contributed by atoms with Crippen LogP contribution in [0.15, 0.2) is 35.9 Å². The first kappa shape index (κ1) is 19.6. The zero-order valence-electron chi connectivity index (χ0n) is 14.4. The van der Waals surface area contributed by atoms with Crippen molar-refractivity contribution in [1.29, 1.82) is 5.26 Å². The summed E-state index contributed by atoms with van der Waals surface area (Å²) in [4.78, 5) is 12.5. The predicted molar refractivity (Wildman–Crippen MR) is 103 cm³/mol. The molecule has 2 aromatic carbocycles. The summed E-state index contributed by atoms with van der Waals surface area (Å²) in [7, 11) is 2.96. The van der Waals surface area contributed by atoms with Crippen molar-refractivity contribution in [1.82, 2.24) is 0 Å². The molecule has 0 radical (unpaired) electrons. The van der Waals surface area contributed by atoms with E-state index in [4.69, 9.17) is 32.7 Å². The number of nitrogens with one attached hydrogen (secondary N) is 1. The number of anilines is 1. The number of methoxy groups -OCH3 is 2. The highest BCUT2D eigenvalue weighted by atomic mass is 35.5. The molecule has 5 nitrogen and oxygen atoms in total. The molecule has 2 aromatic rings. The van der Waals surface area contributed by atoms with E-state index in [1.54, 1.807) is 37.3 Å². The molecule has 0 aliphatic carbocycles. The third-order valence-electron chi connectivity index (χ3n) is 3.68. The number of carbonyl (C=O) groups excluding carboxylic acids is 1. The van der Waals surface area contributed by atoms with Crippen LogP contribution in [0.1, 0.15) is 11.1 Å². The molecule has 134 valence electrons. The minimum atomic E-state index is -0.563. The van der Waals surface area contributed by atoms with Gasteiger partial charge in [0, 0.05) is 22.3 Å². The molecule has 26 heavy (non-hydrogen) atoms. The lowest BCUT2D eigenvalue weighted by Crippen LogP contribution is -2.14. The van der Waals surface area contributed by atoms with E-state index < -0.39 is 5.91 Å². The lowest BCUT2D eigenvalue weighted by Gasteiger charge is -2.11. The molecule has 0 aliphatic rings. The molecule has 2 rings (SSSR count). The van der Waals surface area contributed by atoms with E-state index in [1.807, 2.05) is 6.07 Å². The summed E-state index contributed by atoms with van der Waals surface area (Å²) in [6.07, 6.45) is 1.40. The van der Waals surface area contributed by atoms with Crippen LogP contribution >= 0.6 is 23.2 Å². The number of halogens is 2. The second kappa shape index (κ2) is 8.61. The maximum atomic E-state index is 12.5. The molecule has 0 atom stereocenters. The average Bonchev–Trinajstić information content (AvgIpc) is 2.63. The van der Waals surface area contributed by atoms with Gasteiger partial charge < -0.3 is 14.8 Å². The quantitative estimate of drug-likeness (QED) is 0.584. The van der Waals surface area contributed by atoms with Gasteiger partial charge in [0.05, 0.1) is 19.2 Å². The Balaban J connectivity index is 2.39. The zero-order valence-corrected chi connectivity index (χ0v) is 15.9. The van der Waals surface area contributed by atoms with Crippen molar-refractivity contribution in [2.24, 2.45) is 0 Å². The lowest BCUT2D eigenvalue weighted by atomic mass is 10.1. The third kappa shape index (κ3) is 4.29. The molecule has 0 unspecified atom stereocenters. The van der Waals surface area contributed by atoms with Gasteiger partial charge in [-0.05, 0) is 36.8 Å². The number of ether oxygens (including phenoxy) is 2. The molecule has 0 saturated carbocycles. The average molecular weight is 391 g/mol. The van der Waals surface area contributed by atoms with Crippen molar-refractivity contribution in [3.63, 3.8) is 0 Å². The summed E-state index contributed by atoms with van der Waals surface area (Å²) in [5.41, 5.74) is 1.62. The van der Waals surface area contributed by atoms with Crippen LogP contribution < -0.4 is 14.8 Å². The molecular weight excluding hydrogens is 375 g/mol. The smallest absolute Gasteiger partial charge is 0.266 e. The summed E-state index contributed by atoms with van der Waals surface area (Å²) in [6, 6.07) is 10.2. The van der Waals surface area contributed by atoms with Crippen molar-refractivity contribution >= 4 is 40.9 Å². The Bertz CT molecular complexity index is 918. The van der Waals surface area contributed by atoms with Gasteiger partial charge in [-0.15, -0.1) is 0 Å². The normalized spacial score (nSPS) is 10.8. The molecule has 0 fully saturated rings. The number of nitrogens with zero attached hydrogens (tertiary/aromatic N) is 1. The predicted octanol–water partition coefficient (Wildman–Crippen LogP) is 4.86. The molecule has 0 spiro atoms.